The van der Waals surface area contributed by atoms with Gasteiger partial charge in [0.1, 0.15) is 0 Å². The summed E-state index contributed by atoms with van der Waals surface area (Å²) < 4.78 is 2.04. The minimum Gasteiger partial charge on any atom is -0.369 e. The van der Waals surface area contributed by atoms with Crippen LogP contribution in [0.2, 0.25) is 5.02 Å². The van der Waals surface area contributed by atoms with Crippen LogP contribution in [0, 0.1) is 0 Å². The van der Waals surface area contributed by atoms with E-state index in [4.69, 9.17) is 11.6 Å². The van der Waals surface area contributed by atoms with Crippen LogP contribution in [0.3, 0.4) is 0 Å². The second-order valence-corrected chi connectivity index (χ2v) is 7.23. The zero-order valence-corrected chi connectivity index (χ0v) is 15.9. The third-order valence-corrected chi connectivity index (χ3v) is 4.97. The van der Waals surface area contributed by atoms with Gasteiger partial charge in [-0.05, 0) is 47.0 Å². The molecule has 1 aliphatic heterocycles. The van der Waals surface area contributed by atoms with E-state index < -0.39 is 0 Å². The van der Waals surface area contributed by atoms with Crippen molar-refractivity contribution < 1.29 is 0 Å². The highest BCUT2D eigenvalue weighted by Gasteiger charge is 2.09. The number of anilines is 1. The van der Waals surface area contributed by atoms with Crippen molar-refractivity contribution in [2.24, 2.45) is 0 Å². The predicted octanol–water partition coefficient (Wildman–Crippen LogP) is 4.16. The molecule has 0 radical (unpaired) electrons. The molecule has 1 fully saturated rings. The van der Waals surface area contributed by atoms with E-state index in [0.717, 1.165) is 48.9 Å². The summed E-state index contributed by atoms with van der Waals surface area (Å²) in [7, 11) is 0. The van der Waals surface area contributed by atoms with Crippen LogP contribution >= 0.6 is 11.6 Å². The van der Waals surface area contributed by atoms with E-state index in [0.29, 0.717) is 0 Å². The molecule has 0 atom stereocenters. The van der Waals surface area contributed by atoms with Gasteiger partial charge < -0.3 is 14.8 Å². The van der Waals surface area contributed by atoms with Crippen LogP contribution in [0.1, 0.15) is 16.7 Å². The molecule has 0 spiro atoms. The van der Waals surface area contributed by atoms with Gasteiger partial charge in [-0.2, -0.15) is 0 Å². The van der Waals surface area contributed by atoms with Crippen molar-refractivity contribution in [3.05, 3.63) is 82.9 Å². The number of hydrogen-bond donors (Lipinski definition) is 1. The van der Waals surface area contributed by atoms with Gasteiger partial charge in [-0.3, -0.25) is 0 Å². The molecule has 1 aliphatic rings. The van der Waals surface area contributed by atoms with Crippen LogP contribution in [0.25, 0.3) is 12.2 Å². The molecular formula is C22H23ClN4. The first-order valence-electron chi connectivity index (χ1n) is 9.25. The van der Waals surface area contributed by atoms with Gasteiger partial charge in [0.25, 0.3) is 0 Å². The molecule has 4 rings (SSSR count). The Bertz CT molecular complexity index is 895. The maximum Gasteiger partial charge on any atom is 0.0949 e. The van der Waals surface area contributed by atoms with Gasteiger partial charge in [-0.1, -0.05) is 35.9 Å². The fraction of sp³-hybridized carbons (Fsp3) is 0.227. The van der Waals surface area contributed by atoms with E-state index in [1.165, 1.54) is 11.3 Å². The van der Waals surface area contributed by atoms with Gasteiger partial charge in [0, 0.05) is 55.8 Å². The number of nitrogens with one attached hydrogen (secondary N) is 1. The second-order valence-electron chi connectivity index (χ2n) is 6.79. The number of halogens is 1. The summed E-state index contributed by atoms with van der Waals surface area (Å²) in [6.07, 6.45) is 9.81. The average Bonchev–Trinajstić information content (AvgIpc) is 3.20. The Labute approximate surface area is 165 Å². The van der Waals surface area contributed by atoms with E-state index in [2.05, 4.69) is 57.7 Å². The van der Waals surface area contributed by atoms with Crippen LogP contribution in [0.15, 0.2) is 61.2 Å². The lowest BCUT2D eigenvalue weighted by atomic mass is 10.1. The summed E-state index contributed by atoms with van der Waals surface area (Å²) in [6, 6.07) is 14.9. The van der Waals surface area contributed by atoms with Crippen molar-refractivity contribution in [2.45, 2.75) is 6.54 Å². The van der Waals surface area contributed by atoms with E-state index >= 15 is 0 Å². The Morgan fingerprint density at radius 2 is 1.78 bits per heavy atom. The number of aromatic nitrogens is 2. The van der Waals surface area contributed by atoms with Crippen LogP contribution in [-0.2, 0) is 6.54 Å². The molecule has 0 saturated carbocycles. The normalized spacial score (nSPS) is 14.8. The number of benzene rings is 2. The molecule has 0 unspecified atom stereocenters. The fourth-order valence-electron chi connectivity index (χ4n) is 3.37. The minimum absolute atomic E-state index is 0.751. The van der Waals surface area contributed by atoms with Crippen molar-refractivity contribution in [2.75, 3.05) is 31.1 Å². The Kier molecular flexibility index (Phi) is 5.56. The average molecular weight is 379 g/mol. The smallest absolute Gasteiger partial charge is 0.0949 e. The Balaban J connectivity index is 1.46. The predicted molar refractivity (Wildman–Crippen MR) is 113 cm³/mol. The van der Waals surface area contributed by atoms with E-state index in [1.807, 2.05) is 29.2 Å². The summed E-state index contributed by atoms with van der Waals surface area (Å²) in [6.45, 7) is 5.01. The molecule has 2 aromatic carbocycles. The Hall–Kier alpha value is -2.56. The largest absolute Gasteiger partial charge is 0.369 e. The van der Waals surface area contributed by atoms with Crippen molar-refractivity contribution in [1.82, 2.24) is 14.9 Å². The van der Waals surface area contributed by atoms with Crippen molar-refractivity contribution >= 4 is 29.4 Å². The minimum atomic E-state index is 0.751. The molecule has 3 aromatic rings. The number of nitrogens with zero attached hydrogens (tertiary/aromatic N) is 3. The third kappa shape index (κ3) is 4.79. The lowest BCUT2D eigenvalue weighted by molar-refractivity contribution is 0.589. The summed E-state index contributed by atoms with van der Waals surface area (Å²) in [5, 5.41) is 4.14. The molecule has 0 bridgehead atoms. The zero-order chi connectivity index (χ0) is 18.5. The van der Waals surface area contributed by atoms with Gasteiger partial charge in [-0.15, -0.1) is 0 Å². The first-order valence-corrected chi connectivity index (χ1v) is 9.63. The molecule has 1 saturated heterocycles. The van der Waals surface area contributed by atoms with Crippen LogP contribution in [0.4, 0.5) is 5.69 Å². The first-order chi connectivity index (χ1) is 13.3. The molecular weight excluding hydrogens is 356 g/mol. The lowest BCUT2D eigenvalue weighted by Gasteiger charge is -2.29. The van der Waals surface area contributed by atoms with Crippen LogP contribution < -0.4 is 10.2 Å². The highest BCUT2D eigenvalue weighted by molar-refractivity contribution is 6.30. The molecule has 4 nitrogen and oxygen atoms in total. The van der Waals surface area contributed by atoms with Gasteiger partial charge in [0.15, 0.2) is 0 Å². The molecule has 27 heavy (non-hydrogen) atoms. The number of rotatable bonds is 5. The SMILES string of the molecule is Clc1cc(C=Cc2ccc(N3CCNCC3)cc2)cc(Cn2ccnc2)c1. The Morgan fingerprint density at radius 3 is 2.52 bits per heavy atom. The highest BCUT2D eigenvalue weighted by Crippen LogP contribution is 2.20. The molecule has 1 N–H and O–H groups in total. The van der Waals surface area contributed by atoms with Gasteiger partial charge >= 0.3 is 0 Å². The van der Waals surface area contributed by atoms with Crippen LogP contribution in [-0.4, -0.2) is 35.7 Å². The number of piperazine rings is 1. The molecule has 2 heterocycles. The molecule has 1 aromatic heterocycles. The monoisotopic (exact) mass is 378 g/mol. The number of hydrogen-bond acceptors (Lipinski definition) is 3. The first kappa shape index (κ1) is 17.8. The summed E-state index contributed by atoms with van der Waals surface area (Å²) in [5.74, 6) is 0. The van der Waals surface area contributed by atoms with Gasteiger partial charge in [-0.25, -0.2) is 4.98 Å². The summed E-state index contributed by atoms with van der Waals surface area (Å²) in [4.78, 5) is 6.51. The van der Waals surface area contributed by atoms with Crippen LogP contribution in [0.5, 0.6) is 0 Å². The van der Waals surface area contributed by atoms with E-state index in [9.17, 15) is 0 Å². The summed E-state index contributed by atoms with van der Waals surface area (Å²) >= 11 is 6.31. The van der Waals surface area contributed by atoms with Gasteiger partial charge in [0.05, 0.1) is 6.33 Å². The second kappa shape index (κ2) is 8.42. The standard InChI is InChI=1S/C22H23ClN4/c23-21-14-19(13-20(15-21)16-26-10-7-25-17-26)2-1-18-3-5-22(6-4-18)27-11-8-24-9-12-27/h1-7,10,13-15,17,24H,8-9,11-12,16H2. The van der Waals surface area contributed by atoms with E-state index in [-0.39, 0.29) is 0 Å². The maximum atomic E-state index is 6.31. The van der Waals surface area contributed by atoms with Gasteiger partial charge in [0.2, 0.25) is 0 Å². The molecule has 138 valence electrons. The zero-order valence-electron chi connectivity index (χ0n) is 15.2. The Morgan fingerprint density at radius 1 is 1.00 bits per heavy atom. The fourth-order valence-corrected chi connectivity index (χ4v) is 3.63. The molecule has 0 aliphatic carbocycles. The van der Waals surface area contributed by atoms with Crippen molar-refractivity contribution in [1.29, 1.82) is 0 Å². The molecule has 0 amide bonds. The maximum absolute atomic E-state index is 6.31. The molecule has 5 heteroatoms. The summed E-state index contributed by atoms with van der Waals surface area (Å²) in [5.41, 5.74) is 4.74. The third-order valence-electron chi connectivity index (χ3n) is 4.75. The number of imidazole rings is 1. The highest BCUT2D eigenvalue weighted by atomic mass is 35.5. The van der Waals surface area contributed by atoms with Crippen molar-refractivity contribution in [3.63, 3.8) is 0 Å². The van der Waals surface area contributed by atoms with Crippen molar-refractivity contribution in [3.8, 4) is 0 Å². The topological polar surface area (TPSA) is 33.1 Å². The quantitative estimate of drug-likeness (QED) is 0.676. The lowest BCUT2D eigenvalue weighted by Crippen LogP contribution is -2.43. The van der Waals surface area contributed by atoms with E-state index in [1.54, 1.807) is 6.20 Å².